The fraction of sp³-hybridized carbons (Fsp3) is 0.150. The Hall–Kier alpha value is -2.07. The predicted molar refractivity (Wildman–Crippen MR) is 117 cm³/mol. The van der Waals surface area contributed by atoms with Gasteiger partial charge in [0.2, 0.25) is 15.9 Å². The van der Waals surface area contributed by atoms with Crippen molar-refractivity contribution in [3.8, 4) is 0 Å². The third-order valence-corrected chi connectivity index (χ3v) is 7.30. The van der Waals surface area contributed by atoms with E-state index >= 15 is 0 Å². The van der Waals surface area contributed by atoms with Crippen LogP contribution in [0.25, 0.3) is 0 Å². The Morgan fingerprint density at radius 1 is 1.07 bits per heavy atom. The van der Waals surface area contributed by atoms with E-state index in [1.54, 1.807) is 36.0 Å². The lowest BCUT2D eigenvalue weighted by Gasteiger charge is -2.09. The van der Waals surface area contributed by atoms with E-state index in [0.29, 0.717) is 23.6 Å². The maximum Gasteiger partial charge on any atom is 0.241 e. The van der Waals surface area contributed by atoms with E-state index in [9.17, 15) is 13.2 Å². The molecule has 0 aliphatic heterocycles. The number of nitrogens with one attached hydrogen (secondary N) is 2. The maximum absolute atomic E-state index is 12.5. The van der Waals surface area contributed by atoms with Crippen molar-refractivity contribution in [2.24, 2.45) is 0 Å². The fourth-order valence-electron chi connectivity index (χ4n) is 2.44. The van der Waals surface area contributed by atoms with E-state index in [4.69, 9.17) is 4.42 Å². The number of hydrogen-bond acceptors (Lipinski definition) is 5. The van der Waals surface area contributed by atoms with Gasteiger partial charge in [0.1, 0.15) is 5.76 Å². The Kier molecular flexibility index (Phi) is 7.54. The van der Waals surface area contributed by atoms with Gasteiger partial charge in [-0.05, 0) is 58.4 Å². The normalized spacial score (nSPS) is 11.3. The van der Waals surface area contributed by atoms with Gasteiger partial charge in [0, 0.05) is 27.2 Å². The number of furan rings is 1. The Balaban J connectivity index is 1.54. The van der Waals surface area contributed by atoms with Crippen LogP contribution in [0, 0.1) is 0 Å². The molecular weight excluding hydrogens is 476 g/mol. The summed E-state index contributed by atoms with van der Waals surface area (Å²) in [6.45, 7) is 0.0538. The second-order valence-electron chi connectivity index (χ2n) is 6.01. The number of benzene rings is 2. The molecule has 0 spiro atoms. The summed E-state index contributed by atoms with van der Waals surface area (Å²) in [5.74, 6) is 0.945. The molecule has 29 heavy (non-hydrogen) atoms. The van der Waals surface area contributed by atoms with Gasteiger partial charge in [0.15, 0.2) is 0 Å². The Morgan fingerprint density at radius 3 is 2.66 bits per heavy atom. The molecule has 2 N–H and O–H groups in total. The molecule has 6 nitrogen and oxygen atoms in total. The third-order valence-electron chi connectivity index (χ3n) is 3.87. The van der Waals surface area contributed by atoms with Crippen molar-refractivity contribution in [3.05, 3.63) is 77.2 Å². The lowest BCUT2D eigenvalue weighted by atomic mass is 10.3. The van der Waals surface area contributed by atoms with Gasteiger partial charge in [-0.1, -0.05) is 18.2 Å². The summed E-state index contributed by atoms with van der Waals surface area (Å²) in [4.78, 5) is 13.4. The first kappa shape index (κ1) is 21.6. The number of carbonyl (C=O) groups excluding carboxylic acids is 1. The summed E-state index contributed by atoms with van der Waals surface area (Å²) in [6.07, 6.45) is 1.79. The summed E-state index contributed by atoms with van der Waals surface area (Å²) in [5.41, 5.74) is 0.432. The van der Waals surface area contributed by atoms with Crippen molar-refractivity contribution < 1.29 is 17.6 Å². The first-order valence-electron chi connectivity index (χ1n) is 8.73. The number of carbonyl (C=O) groups is 1. The highest BCUT2D eigenvalue weighted by Gasteiger charge is 2.15. The highest BCUT2D eigenvalue weighted by Crippen LogP contribution is 2.27. The zero-order valence-corrected chi connectivity index (χ0v) is 18.5. The summed E-state index contributed by atoms with van der Waals surface area (Å²) < 4.78 is 33.5. The van der Waals surface area contributed by atoms with E-state index in [1.165, 1.54) is 18.4 Å². The smallest absolute Gasteiger partial charge is 0.241 e. The predicted octanol–water partition coefficient (Wildman–Crippen LogP) is 4.64. The summed E-state index contributed by atoms with van der Waals surface area (Å²) in [6, 6.07) is 17.3. The van der Waals surface area contributed by atoms with E-state index in [1.807, 2.05) is 24.3 Å². The molecule has 0 aliphatic carbocycles. The molecule has 1 amide bonds. The molecular formula is C20H19BrN2O4S2. The van der Waals surface area contributed by atoms with Crippen LogP contribution in [0.1, 0.15) is 12.2 Å². The highest BCUT2D eigenvalue weighted by atomic mass is 79.9. The molecule has 0 aliphatic rings. The lowest BCUT2D eigenvalue weighted by molar-refractivity contribution is -0.115. The minimum atomic E-state index is -3.72. The van der Waals surface area contributed by atoms with Crippen LogP contribution < -0.4 is 10.0 Å². The monoisotopic (exact) mass is 494 g/mol. The molecule has 0 atom stereocenters. The van der Waals surface area contributed by atoms with Crippen LogP contribution in [-0.4, -0.2) is 20.1 Å². The third kappa shape index (κ3) is 6.46. The van der Waals surface area contributed by atoms with Gasteiger partial charge in [-0.2, -0.15) is 0 Å². The van der Waals surface area contributed by atoms with Gasteiger partial charge >= 0.3 is 0 Å². The van der Waals surface area contributed by atoms with Crippen molar-refractivity contribution >= 4 is 49.3 Å². The number of rotatable bonds is 9. The molecule has 1 heterocycles. The topological polar surface area (TPSA) is 88.4 Å². The van der Waals surface area contributed by atoms with Crippen LogP contribution >= 0.6 is 27.7 Å². The van der Waals surface area contributed by atoms with Crippen molar-refractivity contribution in [3.63, 3.8) is 0 Å². The molecule has 0 saturated heterocycles. The largest absolute Gasteiger partial charge is 0.468 e. The molecule has 9 heteroatoms. The molecule has 3 rings (SSSR count). The van der Waals surface area contributed by atoms with Gasteiger partial charge in [0.05, 0.1) is 17.7 Å². The first-order chi connectivity index (χ1) is 13.9. The quantitative estimate of drug-likeness (QED) is 0.423. The Labute approximate surface area is 182 Å². The van der Waals surface area contributed by atoms with E-state index in [0.717, 1.165) is 9.37 Å². The fourth-order valence-corrected chi connectivity index (χ4v) is 5.00. The van der Waals surface area contributed by atoms with Crippen LogP contribution in [0.5, 0.6) is 0 Å². The number of anilines is 1. The van der Waals surface area contributed by atoms with Crippen LogP contribution in [-0.2, 0) is 21.4 Å². The number of sulfonamides is 1. The van der Waals surface area contributed by atoms with Crippen LogP contribution in [0.15, 0.2) is 85.6 Å². The van der Waals surface area contributed by atoms with Crippen LogP contribution in [0.4, 0.5) is 5.69 Å². The van der Waals surface area contributed by atoms with E-state index in [-0.39, 0.29) is 17.3 Å². The molecule has 0 unspecified atom stereocenters. The zero-order valence-electron chi connectivity index (χ0n) is 15.3. The zero-order chi connectivity index (χ0) is 20.7. The van der Waals surface area contributed by atoms with E-state index in [2.05, 4.69) is 26.0 Å². The summed E-state index contributed by atoms with van der Waals surface area (Å²) in [5, 5.41) is 2.75. The molecule has 3 aromatic rings. The van der Waals surface area contributed by atoms with Gasteiger partial charge in [0.25, 0.3) is 0 Å². The second-order valence-corrected chi connectivity index (χ2v) is 9.77. The Bertz CT molecular complexity index is 1070. The van der Waals surface area contributed by atoms with Crippen molar-refractivity contribution in [1.82, 2.24) is 4.72 Å². The molecule has 0 radical (unpaired) electrons. The van der Waals surface area contributed by atoms with Crippen molar-refractivity contribution in [2.75, 3.05) is 11.1 Å². The SMILES string of the molecule is O=C(CCSc1ccccc1Br)Nc1cccc(S(=O)(=O)NCc2ccco2)c1. The number of thioether (sulfide) groups is 1. The minimum absolute atomic E-state index is 0.0538. The first-order valence-corrected chi connectivity index (χ1v) is 12.0. The van der Waals surface area contributed by atoms with Crippen LogP contribution in [0.2, 0.25) is 0 Å². The highest BCUT2D eigenvalue weighted by molar-refractivity contribution is 9.10. The summed E-state index contributed by atoms with van der Waals surface area (Å²) >= 11 is 5.06. The molecule has 1 aromatic heterocycles. The molecule has 0 fully saturated rings. The standard InChI is InChI=1S/C20H19BrN2O4S2/c21-18-8-1-2-9-19(18)28-12-10-20(24)23-15-5-3-7-17(13-15)29(25,26)22-14-16-6-4-11-27-16/h1-9,11,13,22H,10,12,14H2,(H,23,24). The number of halogens is 1. The van der Waals surface area contributed by atoms with Gasteiger partial charge < -0.3 is 9.73 Å². The second kappa shape index (κ2) is 10.1. The van der Waals surface area contributed by atoms with E-state index < -0.39 is 10.0 Å². The van der Waals surface area contributed by atoms with Gasteiger partial charge in [-0.3, -0.25) is 4.79 Å². The van der Waals surface area contributed by atoms with Gasteiger partial charge in [-0.15, -0.1) is 11.8 Å². The van der Waals surface area contributed by atoms with Gasteiger partial charge in [-0.25, -0.2) is 13.1 Å². The minimum Gasteiger partial charge on any atom is -0.468 e. The molecule has 152 valence electrons. The molecule has 0 saturated carbocycles. The lowest BCUT2D eigenvalue weighted by Crippen LogP contribution is -2.23. The number of amides is 1. The Morgan fingerprint density at radius 2 is 1.90 bits per heavy atom. The van der Waals surface area contributed by atoms with Crippen LogP contribution in [0.3, 0.4) is 0 Å². The summed E-state index contributed by atoms with van der Waals surface area (Å²) in [7, 11) is -3.72. The maximum atomic E-state index is 12.5. The van der Waals surface area contributed by atoms with Crippen molar-refractivity contribution in [2.45, 2.75) is 22.8 Å². The average molecular weight is 495 g/mol. The number of hydrogen-bond donors (Lipinski definition) is 2. The molecule has 0 bridgehead atoms. The average Bonchev–Trinajstić information content (AvgIpc) is 3.22. The molecule has 2 aromatic carbocycles. The van der Waals surface area contributed by atoms with Crippen molar-refractivity contribution in [1.29, 1.82) is 0 Å².